The molecule has 0 saturated heterocycles. The highest BCUT2D eigenvalue weighted by atomic mass is 32.2. The highest BCUT2D eigenvalue weighted by molar-refractivity contribution is 7.99. The Morgan fingerprint density at radius 2 is 2.33 bits per heavy atom. The van der Waals surface area contributed by atoms with E-state index >= 15 is 0 Å². The van der Waals surface area contributed by atoms with Crippen LogP contribution >= 0.6 is 11.8 Å². The van der Waals surface area contributed by atoms with Crippen molar-refractivity contribution in [2.24, 2.45) is 0 Å². The first-order valence-electron chi connectivity index (χ1n) is 6.32. The standard InChI is InChI=1S/C14H19NO2S/c1-10(2)18-8-5-13(16)11-3-4-14-12(9-11)15-6-7-17-14/h3-4,9-10,15H,5-8H2,1-2H3. The van der Waals surface area contributed by atoms with Crippen LogP contribution in [0.15, 0.2) is 18.2 Å². The first-order chi connectivity index (χ1) is 8.66. The Labute approximate surface area is 112 Å². The Kier molecular flexibility index (Phi) is 4.53. The Morgan fingerprint density at radius 3 is 3.11 bits per heavy atom. The molecule has 1 aliphatic rings. The van der Waals surface area contributed by atoms with E-state index in [4.69, 9.17) is 4.74 Å². The molecule has 4 heteroatoms. The van der Waals surface area contributed by atoms with E-state index in [9.17, 15) is 4.79 Å². The van der Waals surface area contributed by atoms with Crippen LogP contribution in [-0.4, -0.2) is 29.9 Å². The molecule has 1 aromatic carbocycles. The zero-order chi connectivity index (χ0) is 13.0. The number of carbonyl (C=O) groups is 1. The van der Waals surface area contributed by atoms with Crippen LogP contribution in [0, 0.1) is 0 Å². The van der Waals surface area contributed by atoms with E-state index in [0.717, 1.165) is 29.3 Å². The molecule has 0 atom stereocenters. The number of rotatable bonds is 5. The number of ether oxygens (including phenoxy) is 1. The Morgan fingerprint density at radius 1 is 1.50 bits per heavy atom. The van der Waals surface area contributed by atoms with Gasteiger partial charge in [0.05, 0.1) is 5.69 Å². The van der Waals surface area contributed by atoms with Crippen LogP contribution in [0.3, 0.4) is 0 Å². The van der Waals surface area contributed by atoms with Gasteiger partial charge in [-0.15, -0.1) is 0 Å². The van der Waals surface area contributed by atoms with Crippen molar-refractivity contribution in [1.29, 1.82) is 0 Å². The van der Waals surface area contributed by atoms with E-state index in [1.165, 1.54) is 0 Å². The van der Waals surface area contributed by atoms with Crippen LogP contribution in [-0.2, 0) is 0 Å². The van der Waals surface area contributed by atoms with Gasteiger partial charge in [-0.05, 0) is 23.4 Å². The minimum atomic E-state index is 0.207. The molecule has 0 spiro atoms. The monoisotopic (exact) mass is 265 g/mol. The van der Waals surface area contributed by atoms with Crippen LogP contribution in [0.4, 0.5) is 5.69 Å². The molecular formula is C14H19NO2S. The van der Waals surface area contributed by atoms with Crippen LogP contribution < -0.4 is 10.1 Å². The molecule has 0 aliphatic carbocycles. The first-order valence-corrected chi connectivity index (χ1v) is 7.37. The quantitative estimate of drug-likeness (QED) is 0.830. The summed E-state index contributed by atoms with van der Waals surface area (Å²) in [5.74, 6) is 1.94. The van der Waals surface area contributed by atoms with Crippen molar-refractivity contribution in [3.05, 3.63) is 23.8 Å². The van der Waals surface area contributed by atoms with Gasteiger partial charge in [-0.2, -0.15) is 11.8 Å². The van der Waals surface area contributed by atoms with Crippen LogP contribution in [0.5, 0.6) is 5.75 Å². The molecule has 0 saturated carbocycles. The Hall–Kier alpha value is -1.16. The third kappa shape index (κ3) is 3.42. The van der Waals surface area contributed by atoms with Crippen molar-refractivity contribution in [2.45, 2.75) is 25.5 Å². The fourth-order valence-electron chi connectivity index (χ4n) is 1.85. The van der Waals surface area contributed by atoms with Gasteiger partial charge < -0.3 is 10.1 Å². The lowest BCUT2D eigenvalue weighted by molar-refractivity contribution is 0.0989. The molecule has 18 heavy (non-hydrogen) atoms. The molecule has 0 radical (unpaired) electrons. The molecular weight excluding hydrogens is 246 g/mol. The fraction of sp³-hybridized carbons (Fsp3) is 0.500. The number of nitrogens with one attached hydrogen (secondary N) is 1. The summed E-state index contributed by atoms with van der Waals surface area (Å²) in [6.07, 6.45) is 0.600. The van der Waals surface area contributed by atoms with Gasteiger partial charge in [-0.25, -0.2) is 0 Å². The molecule has 0 unspecified atom stereocenters. The highest BCUT2D eigenvalue weighted by Crippen LogP contribution is 2.28. The minimum Gasteiger partial charge on any atom is -0.490 e. The maximum atomic E-state index is 12.0. The predicted molar refractivity (Wildman–Crippen MR) is 77.0 cm³/mol. The summed E-state index contributed by atoms with van der Waals surface area (Å²) in [4.78, 5) is 12.0. The van der Waals surface area contributed by atoms with Crippen molar-refractivity contribution in [1.82, 2.24) is 0 Å². The summed E-state index contributed by atoms with van der Waals surface area (Å²) in [6, 6.07) is 5.63. The fourth-order valence-corrected chi connectivity index (χ4v) is 2.62. The van der Waals surface area contributed by atoms with Crippen LogP contribution in [0.1, 0.15) is 30.6 Å². The van der Waals surface area contributed by atoms with Gasteiger partial charge in [0.25, 0.3) is 0 Å². The van der Waals surface area contributed by atoms with Crippen molar-refractivity contribution >= 4 is 23.2 Å². The normalized spacial score (nSPS) is 13.7. The summed E-state index contributed by atoms with van der Waals surface area (Å²) in [5.41, 5.74) is 1.71. The van der Waals surface area contributed by atoms with Crippen molar-refractivity contribution < 1.29 is 9.53 Å². The number of carbonyl (C=O) groups excluding carboxylic acids is 1. The lowest BCUT2D eigenvalue weighted by Crippen LogP contribution is -2.18. The average Bonchev–Trinajstić information content (AvgIpc) is 2.37. The topological polar surface area (TPSA) is 38.3 Å². The first kappa shape index (κ1) is 13.3. The average molecular weight is 265 g/mol. The molecule has 2 rings (SSSR count). The van der Waals surface area contributed by atoms with Crippen LogP contribution in [0.25, 0.3) is 0 Å². The summed E-state index contributed by atoms with van der Waals surface area (Å²) in [6.45, 7) is 5.78. The third-order valence-corrected chi connectivity index (χ3v) is 3.86. The molecule has 98 valence electrons. The van der Waals surface area contributed by atoms with E-state index in [2.05, 4.69) is 19.2 Å². The lowest BCUT2D eigenvalue weighted by atomic mass is 10.1. The molecule has 1 N–H and O–H groups in total. The number of thioether (sulfide) groups is 1. The van der Waals surface area contributed by atoms with E-state index in [1.54, 1.807) is 0 Å². The van der Waals surface area contributed by atoms with Gasteiger partial charge >= 0.3 is 0 Å². The smallest absolute Gasteiger partial charge is 0.163 e. The number of Topliss-reactive ketones (excluding diaryl/α,β-unsaturated/α-hetero) is 1. The molecule has 0 aromatic heterocycles. The number of hydrogen-bond donors (Lipinski definition) is 1. The summed E-state index contributed by atoms with van der Waals surface area (Å²) >= 11 is 1.82. The summed E-state index contributed by atoms with van der Waals surface area (Å²) < 4.78 is 5.49. The van der Waals surface area contributed by atoms with Crippen molar-refractivity contribution in [3.8, 4) is 5.75 Å². The lowest BCUT2D eigenvalue weighted by Gasteiger charge is -2.19. The molecule has 3 nitrogen and oxygen atoms in total. The maximum absolute atomic E-state index is 12.0. The number of benzene rings is 1. The molecule has 0 amide bonds. The largest absolute Gasteiger partial charge is 0.490 e. The number of ketones is 1. The molecule has 0 fully saturated rings. The second-order valence-electron chi connectivity index (χ2n) is 4.58. The second-order valence-corrected chi connectivity index (χ2v) is 6.26. The van der Waals surface area contributed by atoms with E-state index in [-0.39, 0.29) is 5.78 Å². The van der Waals surface area contributed by atoms with Gasteiger partial charge in [0.2, 0.25) is 0 Å². The zero-order valence-corrected chi connectivity index (χ0v) is 11.7. The summed E-state index contributed by atoms with van der Waals surface area (Å²) in [7, 11) is 0. The zero-order valence-electron chi connectivity index (χ0n) is 10.9. The summed E-state index contributed by atoms with van der Waals surface area (Å²) in [5, 5.41) is 3.83. The number of hydrogen-bond acceptors (Lipinski definition) is 4. The maximum Gasteiger partial charge on any atom is 0.163 e. The predicted octanol–water partition coefficient (Wildman–Crippen LogP) is 3.21. The van der Waals surface area contributed by atoms with E-state index in [1.807, 2.05) is 30.0 Å². The Bertz CT molecular complexity index is 432. The number of fused-ring (bicyclic) bond motifs is 1. The van der Waals surface area contributed by atoms with Gasteiger partial charge in [0.1, 0.15) is 12.4 Å². The minimum absolute atomic E-state index is 0.207. The molecule has 0 bridgehead atoms. The van der Waals surface area contributed by atoms with Gasteiger partial charge in [0, 0.05) is 24.3 Å². The van der Waals surface area contributed by atoms with Gasteiger partial charge in [0.15, 0.2) is 5.78 Å². The third-order valence-electron chi connectivity index (χ3n) is 2.76. The Balaban J connectivity index is 1.98. The van der Waals surface area contributed by atoms with Crippen molar-refractivity contribution in [3.63, 3.8) is 0 Å². The second kappa shape index (κ2) is 6.14. The molecule has 1 aromatic rings. The SMILES string of the molecule is CC(C)SCCC(=O)c1ccc2c(c1)NCCO2. The highest BCUT2D eigenvalue weighted by Gasteiger charge is 2.13. The van der Waals surface area contributed by atoms with Crippen molar-refractivity contribution in [2.75, 3.05) is 24.2 Å². The van der Waals surface area contributed by atoms with Crippen LogP contribution in [0.2, 0.25) is 0 Å². The van der Waals surface area contributed by atoms with Gasteiger partial charge in [-0.1, -0.05) is 13.8 Å². The molecule has 1 heterocycles. The van der Waals surface area contributed by atoms with E-state index < -0.39 is 0 Å². The molecule has 1 aliphatic heterocycles. The van der Waals surface area contributed by atoms with E-state index in [0.29, 0.717) is 18.3 Å². The van der Waals surface area contributed by atoms with Gasteiger partial charge in [-0.3, -0.25) is 4.79 Å². The number of anilines is 1.